The number of rotatable bonds is 3. The maximum absolute atomic E-state index is 11.5. The van der Waals surface area contributed by atoms with Crippen molar-refractivity contribution in [3.05, 3.63) is 23.1 Å². The zero-order valence-electron chi connectivity index (χ0n) is 8.65. The molecule has 0 spiro atoms. The minimum atomic E-state index is -1.54. The molecule has 2 aromatic rings. The topological polar surface area (TPSA) is 92.3 Å². The molecule has 0 atom stereocenters. The monoisotopic (exact) mass is 254 g/mol. The summed E-state index contributed by atoms with van der Waals surface area (Å²) in [5.74, 6) is -2.28. The molecular formula is C10H7ClN2O4. The van der Waals surface area contributed by atoms with Gasteiger partial charge in [0.2, 0.25) is 0 Å². The number of aromatic amines is 1. The maximum atomic E-state index is 11.5. The molecule has 2 N–H and O–H groups in total. The molecule has 0 unspecified atom stereocenters. The number of halogens is 1. The molecule has 7 heteroatoms. The van der Waals surface area contributed by atoms with E-state index in [0.717, 1.165) is 0 Å². The second-order valence-corrected chi connectivity index (χ2v) is 3.56. The standard InChI is InChI=1S/C10H7ClN2O4/c1-17-5-3-13-9(11)7-6(5)4(2-12-7)8(14)10(15)16/h2-3,12H,1H3,(H,15,16). The van der Waals surface area contributed by atoms with Crippen LogP contribution in [0.15, 0.2) is 12.4 Å². The molecule has 0 saturated carbocycles. The predicted molar refractivity (Wildman–Crippen MR) is 59.6 cm³/mol. The van der Waals surface area contributed by atoms with E-state index in [1.165, 1.54) is 19.5 Å². The summed E-state index contributed by atoms with van der Waals surface area (Å²) in [6.07, 6.45) is 2.61. The number of ketones is 1. The molecule has 0 amide bonds. The van der Waals surface area contributed by atoms with Crippen LogP contribution >= 0.6 is 11.6 Å². The Morgan fingerprint density at radius 1 is 1.53 bits per heavy atom. The number of H-pyrrole nitrogens is 1. The minimum Gasteiger partial charge on any atom is -0.494 e. The lowest BCUT2D eigenvalue weighted by molar-refractivity contribution is -0.131. The maximum Gasteiger partial charge on any atom is 0.377 e. The number of hydrogen-bond acceptors (Lipinski definition) is 4. The average molecular weight is 255 g/mol. The fourth-order valence-electron chi connectivity index (χ4n) is 1.54. The highest BCUT2D eigenvalue weighted by Crippen LogP contribution is 2.31. The molecular weight excluding hydrogens is 248 g/mol. The number of carboxylic acids is 1. The summed E-state index contributed by atoms with van der Waals surface area (Å²) in [6, 6.07) is 0. The first-order valence-corrected chi connectivity index (χ1v) is 4.91. The first-order valence-electron chi connectivity index (χ1n) is 4.53. The van der Waals surface area contributed by atoms with Crippen LogP contribution in [0.3, 0.4) is 0 Å². The van der Waals surface area contributed by atoms with E-state index < -0.39 is 11.8 Å². The Labute approximate surface area is 100 Å². The zero-order chi connectivity index (χ0) is 12.6. The van der Waals surface area contributed by atoms with Crippen molar-refractivity contribution in [1.82, 2.24) is 9.97 Å². The predicted octanol–water partition coefficient (Wildman–Crippen LogP) is 1.49. The number of aliphatic carboxylic acids is 1. The van der Waals surface area contributed by atoms with Gasteiger partial charge in [-0.2, -0.15) is 0 Å². The van der Waals surface area contributed by atoms with Gasteiger partial charge in [-0.1, -0.05) is 11.6 Å². The second kappa shape index (κ2) is 4.06. The number of ether oxygens (including phenoxy) is 1. The second-order valence-electron chi connectivity index (χ2n) is 3.20. The van der Waals surface area contributed by atoms with Crippen molar-refractivity contribution in [3.63, 3.8) is 0 Å². The van der Waals surface area contributed by atoms with Gasteiger partial charge in [-0.25, -0.2) is 9.78 Å². The number of methoxy groups -OCH3 is 1. The van der Waals surface area contributed by atoms with Crippen LogP contribution in [0, 0.1) is 0 Å². The van der Waals surface area contributed by atoms with E-state index in [1.807, 2.05) is 0 Å². The van der Waals surface area contributed by atoms with Gasteiger partial charge in [-0.3, -0.25) is 4.79 Å². The summed E-state index contributed by atoms with van der Waals surface area (Å²) >= 11 is 5.83. The first-order chi connectivity index (χ1) is 8.06. The number of carboxylic acid groups (broad SMARTS) is 1. The lowest BCUT2D eigenvalue weighted by Gasteiger charge is -2.03. The fraction of sp³-hybridized carbons (Fsp3) is 0.100. The molecule has 0 aromatic carbocycles. The number of nitrogens with one attached hydrogen (secondary N) is 1. The van der Waals surface area contributed by atoms with Gasteiger partial charge >= 0.3 is 5.97 Å². The van der Waals surface area contributed by atoms with Gasteiger partial charge in [0.1, 0.15) is 5.75 Å². The molecule has 0 saturated heterocycles. The summed E-state index contributed by atoms with van der Waals surface area (Å²) in [5.41, 5.74) is 0.365. The molecule has 2 rings (SSSR count). The molecule has 2 heterocycles. The highest BCUT2D eigenvalue weighted by Gasteiger charge is 2.22. The molecule has 0 aliphatic heterocycles. The van der Waals surface area contributed by atoms with Crippen LogP contribution in [0.5, 0.6) is 5.75 Å². The molecule has 88 valence electrons. The number of aromatic nitrogens is 2. The highest BCUT2D eigenvalue weighted by molar-refractivity contribution is 6.43. The Kier molecular flexibility index (Phi) is 2.72. The number of nitrogens with zero attached hydrogens (tertiary/aromatic N) is 1. The Balaban J connectivity index is 2.78. The van der Waals surface area contributed by atoms with E-state index in [2.05, 4.69) is 9.97 Å². The van der Waals surface area contributed by atoms with Crippen molar-refractivity contribution >= 4 is 34.3 Å². The number of hydrogen-bond donors (Lipinski definition) is 2. The van der Waals surface area contributed by atoms with Crippen molar-refractivity contribution in [2.45, 2.75) is 0 Å². The third-order valence-corrected chi connectivity index (χ3v) is 2.57. The van der Waals surface area contributed by atoms with Crippen molar-refractivity contribution in [2.24, 2.45) is 0 Å². The van der Waals surface area contributed by atoms with Crippen LogP contribution in [0.1, 0.15) is 10.4 Å². The third kappa shape index (κ3) is 1.72. The van der Waals surface area contributed by atoms with E-state index in [4.69, 9.17) is 21.4 Å². The summed E-state index contributed by atoms with van der Waals surface area (Å²) < 4.78 is 5.03. The van der Waals surface area contributed by atoms with Crippen molar-refractivity contribution in [3.8, 4) is 5.75 Å². The van der Waals surface area contributed by atoms with Gasteiger partial charge in [0.05, 0.1) is 29.8 Å². The Hall–Kier alpha value is -2.08. The van der Waals surface area contributed by atoms with Gasteiger partial charge in [-0.05, 0) is 0 Å². The number of pyridine rings is 1. The van der Waals surface area contributed by atoms with Crippen LogP contribution in [0.25, 0.3) is 10.9 Å². The fourth-order valence-corrected chi connectivity index (χ4v) is 1.73. The van der Waals surface area contributed by atoms with E-state index in [-0.39, 0.29) is 16.5 Å². The van der Waals surface area contributed by atoms with Crippen LogP contribution in [0.2, 0.25) is 5.15 Å². The van der Waals surface area contributed by atoms with Gasteiger partial charge in [0, 0.05) is 6.20 Å². The summed E-state index contributed by atoms with van der Waals surface area (Å²) in [4.78, 5) is 28.7. The Morgan fingerprint density at radius 2 is 2.24 bits per heavy atom. The summed E-state index contributed by atoms with van der Waals surface area (Å²) in [6.45, 7) is 0. The quantitative estimate of drug-likeness (QED) is 0.492. The summed E-state index contributed by atoms with van der Waals surface area (Å²) in [5, 5.41) is 9.16. The molecule has 17 heavy (non-hydrogen) atoms. The smallest absolute Gasteiger partial charge is 0.377 e. The van der Waals surface area contributed by atoms with E-state index >= 15 is 0 Å². The number of fused-ring (bicyclic) bond motifs is 1. The molecule has 0 radical (unpaired) electrons. The van der Waals surface area contributed by atoms with Gasteiger partial charge in [0.25, 0.3) is 5.78 Å². The molecule has 6 nitrogen and oxygen atoms in total. The van der Waals surface area contributed by atoms with Crippen molar-refractivity contribution < 1.29 is 19.4 Å². The molecule has 0 fully saturated rings. The van der Waals surface area contributed by atoms with Crippen molar-refractivity contribution in [1.29, 1.82) is 0 Å². The highest BCUT2D eigenvalue weighted by atomic mass is 35.5. The third-order valence-electron chi connectivity index (χ3n) is 2.29. The van der Waals surface area contributed by atoms with Gasteiger partial charge in [-0.15, -0.1) is 0 Å². The first kappa shape index (κ1) is 11.4. The van der Waals surface area contributed by atoms with Crippen LogP contribution < -0.4 is 4.74 Å². The number of carbonyl (C=O) groups is 2. The SMILES string of the molecule is COc1cnc(Cl)c2[nH]cc(C(=O)C(=O)O)c12. The number of Topliss-reactive ketones (excluding diaryl/α,β-unsaturated/α-hetero) is 1. The van der Waals surface area contributed by atoms with Crippen LogP contribution in [0.4, 0.5) is 0 Å². The Bertz CT molecular complexity index is 620. The minimum absolute atomic E-state index is 0.00588. The van der Waals surface area contributed by atoms with Gasteiger partial charge in [0.15, 0.2) is 5.15 Å². The molecule has 0 aliphatic carbocycles. The zero-order valence-corrected chi connectivity index (χ0v) is 9.41. The van der Waals surface area contributed by atoms with Gasteiger partial charge < -0.3 is 14.8 Å². The molecule has 0 bridgehead atoms. The molecule has 2 aromatic heterocycles. The van der Waals surface area contributed by atoms with Crippen LogP contribution in [-0.2, 0) is 4.79 Å². The van der Waals surface area contributed by atoms with E-state index in [9.17, 15) is 9.59 Å². The average Bonchev–Trinajstić information content (AvgIpc) is 2.74. The molecule has 0 aliphatic rings. The normalized spacial score (nSPS) is 10.5. The van der Waals surface area contributed by atoms with E-state index in [1.54, 1.807) is 0 Å². The largest absolute Gasteiger partial charge is 0.494 e. The summed E-state index contributed by atoms with van der Waals surface area (Å²) in [7, 11) is 1.40. The lowest BCUT2D eigenvalue weighted by atomic mass is 10.1. The number of carbonyl (C=O) groups excluding carboxylic acids is 1. The van der Waals surface area contributed by atoms with Crippen molar-refractivity contribution in [2.75, 3.05) is 7.11 Å². The lowest BCUT2D eigenvalue weighted by Crippen LogP contribution is -2.12. The Morgan fingerprint density at radius 3 is 2.82 bits per heavy atom. The van der Waals surface area contributed by atoms with Crippen LogP contribution in [-0.4, -0.2) is 33.9 Å². The van der Waals surface area contributed by atoms with E-state index in [0.29, 0.717) is 10.9 Å².